The van der Waals surface area contributed by atoms with Gasteiger partial charge in [-0.05, 0) is 30.7 Å². The molecular formula is C16H18ClFN2O. The van der Waals surface area contributed by atoms with Crippen molar-refractivity contribution in [1.29, 1.82) is 0 Å². The number of aromatic nitrogens is 1. The Bertz CT molecular complexity index is 607. The van der Waals surface area contributed by atoms with Crippen LogP contribution in [0.1, 0.15) is 24.1 Å². The molecule has 2 rings (SSSR count). The van der Waals surface area contributed by atoms with Gasteiger partial charge in [0.25, 0.3) is 0 Å². The second-order valence-electron chi connectivity index (χ2n) is 4.64. The fourth-order valence-electron chi connectivity index (χ4n) is 2.31. The fraction of sp³-hybridized carbons (Fsp3) is 0.312. The number of methoxy groups -OCH3 is 1. The number of hydrogen-bond donors (Lipinski definition) is 1. The molecule has 0 bridgehead atoms. The van der Waals surface area contributed by atoms with Crippen molar-refractivity contribution in [1.82, 2.24) is 10.3 Å². The Kier molecular flexibility index (Phi) is 5.53. The summed E-state index contributed by atoms with van der Waals surface area (Å²) < 4.78 is 18.9. The van der Waals surface area contributed by atoms with Crippen LogP contribution in [0, 0.1) is 5.82 Å². The van der Waals surface area contributed by atoms with Crippen molar-refractivity contribution in [2.45, 2.75) is 19.4 Å². The van der Waals surface area contributed by atoms with Crippen LogP contribution in [0.2, 0.25) is 5.02 Å². The van der Waals surface area contributed by atoms with Gasteiger partial charge in [0, 0.05) is 17.8 Å². The number of hydrogen-bond acceptors (Lipinski definition) is 3. The second-order valence-corrected chi connectivity index (χ2v) is 5.02. The van der Waals surface area contributed by atoms with Crippen LogP contribution in [0.5, 0.6) is 5.75 Å². The van der Waals surface area contributed by atoms with Gasteiger partial charge in [0.2, 0.25) is 0 Å². The molecule has 1 aromatic heterocycles. The van der Waals surface area contributed by atoms with Gasteiger partial charge in [-0.3, -0.25) is 4.98 Å². The smallest absolute Gasteiger partial charge is 0.142 e. The molecule has 1 heterocycles. The maximum atomic E-state index is 13.6. The van der Waals surface area contributed by atoms with Gasteiger partial charge in [-0.15, -0.1) is 0 Å². The first-order chi connectivity index (χ1) is 10.2. The van der Waals surface area contributed by atoms with Crippen LogP contribution < -0.4 is 10.1 Å². The van der Waals surface area contributed by atoms with Gasteiger partial charge in [0.05, 0.1) is 18.3 Å². The normalized spacial score (nSPS) is 12.2. The van der Waals surface area contributed by atoms with E-state index in [9.17, 15) is 4.39 Å². The second kappa shape index (κ2) is 7.38. The minimum atomic E-state index is -0.397. The quantitative estimate of drug-likeness (QED) is 0.882. The molecule has 5 heteroatoms. The first-order valence-corrected chi connectivity index (χ1v) is 7.19. The van der Waals surface area contributed by atoms with Crippen LogP contribution >= 0.6 is 11.6 Å². The summed E-state index contributed by atoms with van der Waals surface area (Å²) in [7, 11) is 1.61. The predicted octanol–water partition coefficient (Wildman–Crippen LogP) is 3.78. The van der Waals surface area contributed by atoms with E-state index in [1.165, 1.54) is 6.07 Å². The molecule has 3 nitrogen and oxygen atoms in total. The molecule has 1 atom stereocenters. The Hall–Kier alpha value is -1.65. The molecule has 1 aromatic carbocycles. The molecule has 112 valence electrons. The minimum absolute atomic E-state index is 0.0211. The van der Waals surface area contributed by atoms with Gasteiger partial charge >= 0.3 is 0 Å². The Morgan fingerprint density at radius 3 is 2.90 bits per heavy atom. The number of nitrogens with zero attached hydrogens (tertiary/aromatic N) is 1. The molecule has 0 radical (unpaired) electrons. The number of pyridine rings is 1. The number of benzene rings is 1. The summed E-state index contributed by atoms with van der Waals surface area (Å²) >= 11 is 6.05. The van der Waals surface area contributed by atoms with E-state index in [4.69, 9.17) is 16.3 Å². The third kappa shape index (κ3) is 3.71. The van der Waals surface area contributed by atoms with Crippen molar-refractivity contribution >= 4 is 11.6 Å². The van der Waals surface area contributed by atoms with E-state index < -0.39 is 5.82 Å². The van der Waals surface area contributed by atoms with Crippen molar-refractivity contribution in [2.75, 3.05) is 13.7 Å². The highest BCUT2D eigenvalue weighted by Crippen LogP contribution is 2.29. The first-order valence-electron chi connectivity index (χ1n) is 6.81. The lowest BCUT2D eigenvalue weighted by molar-refractivity contribution is 0.397. The van der Waals surface area contributed by atoms with E-state index in [0.717, 1.165) is 17.7 Å². The molecule has 1 N–H and O–H groups in total. The van der Waals surface area contributed by atoms with E-state index in [0.29, 0.717) is 12.2 Å². The molecule has 0 saturated carbocycles. The monoisotopic (exact) mass is 308 g/mol. The van der Waals surface area contributed by atoms with Crippen molar-refractivity contribution in [3.63, 3.8) is 0 Å². The molecule has 0 amide bonds. The average Bonchev–Trinajstić information content (AvgIpc) is 2.51. The van der Waals surface area contributed by atoms with Gasteiger partial charge in [-0.25, -0.2) is 4.39 Å². The summed E-state index contributed by atoms with van der Waals surface area (Å²) in [4.78, 5) is 4.06. The van der Waals surface area contributed by atoms with Gasteiger partial charge in [0.1, 0.15) is 11.6 Å². The molecule has 0 saturated heterocycles. The zero-order valence-electron chi connectivity index (χ0n) is 12.1. The van der Waals surface area contributed by atoms with E-state index in [2.05, 4.69) is 10.3 Å². The van der Waals surface area contributed by atoms with Crippen molar-refractivity contribution in [3.8, 4) is 5.75 Å². The molecule has 0 aliphatic heterocycles. The number of rotatable bonds is 6. The van der Waals surface area contributed by atoms with Crippen LogP contribution in [-0.4, -0.2) is 18.6 Å². The molecule has 0 fully saturated rings. The zero-order chi connectivity index (χ0) is 15.2. The van der Waals surface area contributed by atoms with Crippen molar-refractivity contribution in [3.05, 3.63) is 58.6 Å². The van der Waals surface area contributed by atoms with E-state index in [1.54, 1.807) is 25.6 Å². The topological polar surface area (TPSA) is 34.2 Å². The highest BCUT2D eigenvalue weighted by atomic mass is 35.5. The van der Waals surface area contributed by atoms with Gasteiger partial charge in [0.15, 0.2) is 0 Å². The maximum absolute atomic E-state index is 13.6. The van der Waals surface area contributed by atoms with Crippen LogP contribution in [0.4, 0.5) is 4.39 Å². The SMILES string of the molecule is CCNC(Cc1cccc(F)c1Cl)c1ccncc1OC. The molecular weight excluding hydrogens is 291 g/mol. The maximum Gasteiger partial charge on any atom is 0.142 e. The van der Waals surface area contributed by atoms with Gasteiger partial charge in [-0.1, -0.05) is 30.7 Å². The Labute approximate surface area is 129 Å². The molecule has 21 heavy (non-hydrogen) atoms. The van der Waals surface area contributed by atoms with E-state index >= 15 is 0 Å². The van der Waals surface area contributed by atoms with E-state index in [-0.39, 0.29) is 11.1 Å². The summed E-state index contributed by atoms with van der Waals surface area (Å²) in [5, 5.41) is 3.55. The van der Waals surface area contributed by atoms with Crippen LogP contribution in [0.3, 0.4) is 0 Å². The highest BCUT2D eigenvalue weighted by Gasteiger charge is 2.18. The summed E-state index contributed by atoms with van der Waals surface area (Å²) in [6.45, 7) is 2.80. The number of nitrogens with one attached hydrogen (secondary N) is 1. The third-order valence-corrected chi connectivity index (χ3v) is 3.74. The molecule has 1 unspecified atom stereocenters. The third-order valence-electron chi connectivity index (χ3n) is 3.32. The van der Waals surface area contributed by atoms with Crippen LogP contribution in [0.25, 0.3) is 0 Å². The van der Waals surface area contributed by atoms with Crippen molar-refractivity contribution in [2.24, 2.45) is 0 Å². The summed E-state index contributed by atoms with van der Waals surface area (Å²) in [6.07, 6.45) is 3.97. The van der Waals surface area contributed by atoms with Gasteiger partial charge in [-0.2, -0.15) is 0 Å². The molecule has 0 aliphatic carbocycles. The van der Waals surface area contributed by atoms with E-state index in [1.807, 2.05) is 19.1 Å². The van der Waals surface area contributed by atoms with Crippen LogP contribution in [0.15, 0.2) is 36.7 Å². The zero-order valence-corrected chi connectivity index (χ0v) is 12.8. The Morgan fingerprint density at radius 1 is 1.38 bits per heavy atom. The summed E-state index contributed by atoms with van der Waals surface area (Å²) in [6, 6.07) is 6.75. The number of ether oxygens (including phenoxy) is 1. The molecule has 0 aliphatic rings. The standard InChI is InChI=1S/C16H18ClFN2O/c1-3-20-14(12-7-8-19-10-15(12)21-2)9-11-5-4-6-13(18)16(11)17/h4-8,10,14,20H,3,9H2,1-2H3. The highest BCUT2D eigenvalue weighted by molar-refractivity contribution is 6.31. The lowest BCUT2D eigenvalue weighted by Crippen LogP contribution is -2.23. The average molecular weight is 309 g/mol. The number of halogens is 2. The lowest BCUT2D eigenvalue weighted by atomic mass is 9.98. The van der Waals surface area contributed by atoms with Crippen LogP contribution in [-0.2, 0) is 6.42 Å². The molecule has 2 aromatic rings. The summed E-state index contributed by atoms with van der Waals surface area (Å²) in [5.41, 5.74) is 1.75. The summed E-state index contributed by atoms with van der Waals surface area (Å²) in [5.74, 6) is 0.307. The minimum Gasteiger partial charge on any atom is -0.495 e. The van der Waals surface area contributed by atoms with Gasteiger partial charge < -0.3 is 10.1 Å². The number of likely N-dealkylation sites (N-methyl/N-ethyl adjacent to an activating group) is 1. The Morgan fingerprint density at radius 2 is 2.19 bits per heavy atom. The fourth-order valence-corrected chi connectivity index (χ4v) is 2.52. The lowest BCUT2D eigenvalue weighted by Gasteiger charge is -2.21. The molecule has 0 spiro atoms. The van der Waals surface area contributed by atoms with Crippen molar-refractivity contribution < 1.29 is 9.13 Å². The first kappa shape index (κ1) is 15.7. The Balaban J connectivity index is 2.33. The predicted molar refractivity (Wildman–Crippen MR) is 82.3 cm³/mol. The largest absolute Gasteiger partial charge is 0.495 e.